The zero-order valence-corrected chi connectivity index (χ0v) is 19.3. The van der Waals surface area contributed by atoms with Crippen molar-refractivity contribution in [1.29, 1.82) is 0 Å². The van der Waals surface area contributed by atoms with Crippen LogP contribution in [0.4, 0.5) is 0 Å². The minimum absolute atomic E-state index is 0.0552. The lowest BCUT2D eigenvalue weighted by Gasteiger charge is -2.47. The second kappa shape index (κ2) is 7.77. The third-order valence-electron chi connectivity index (χ3n) is 3.20. The maximum absolute atomic E-state index is 9.73. The Hall–Kier alpha value is 0.451. The molecule has 8 heteroatoms. The van der Waals surface area contributed by atoms with Gasteiger partial charge in [-0.25, -0.2) is 0 Å². The molecule has 1 N–H and O–H groups in total. The Kier molecular flexibility index (Phi) is 7.27. The lowest BCUT2D eigenvalue weighted by Crippen LogP contribution is -2.62. The molecular formula is C15H36O5Si3. The molecular weight excluding hydrogens is 344 g/mol. The standard InChI is InChI=1S/C15H36O5Si3/c1-21(2,3)18-13-11-17-12(10-16)14(19-22(4,5)6)15(13)20-23(7,8)9/h12-16H,10-11H2,1-9H3/t12-,13?,14?,15?/m1/s1. The zero-order chi connectivity index (χ0) is 18.1. The predicted octanol–water partition coefficient (Wildman–Crippen LogP) is 3.04. The summed E-state index contributed by atoms with van der Waals surface area (Å²) >= 11 is 0. The zero-order valence-electron chi connectivity index (χ0n) is 16.3. The van der Waals surface area contributed by atoms with Gasteiger partial charge in [0.05, 0.1) is 25.4 Å². The summed E-state index contributed by atoms with van der Waals surface area (Å²) in [6.45, 7) is 19.9. The first-order valence-corrected chi connectivity index (χ1v) is 18.7. The molecule has 0 amide bonds. The quantitative estimate of drug-likeness (QED) is 0.688. The van der Waals surface area contributed by atoms with Crippen LogP contribution in [0, 0.1) is 0 Å². The van der Waals surface area contributed by atoms with Crippen LogP contribution in [0.3, 0.4) is 0 Å². The highest BCUT2D eigenvalue weighted by molar-refractivity contribution is 6.70. The fourth-order valence-corrected chi connectivity index (χ4v) is 5.96. The van der Waals surface area contributed by atoms with Crippen molar-refractivity contribution in [3.05, 3.63) is 0 Å². The summed E-state index contributed by atoms with van der Waals surface area (Å²) in [4.78, 5) is 0. The molecule has 1 aliphatic heterocycles. The minimum Gasteiger partial charge on any atom is -0.410 e. The lowest BCUT2D eigenvalue weighted by molar-refractivity contribution is -0.179. The SMILES string of the molecule is C[Si](C)(C)OC1CO[C@H](CO)C(O[Si](C)(C)C)C1O[Si](C)(C)C. The second-order valence-corrected chi connectivity index (χ2v) is 22.6. The van der Waals surface area contributed by atoms with Crippen LogP contribution < -0.4 is 0 Å². The maximum Gasteiger partial charge on any atom is 0.184 e. The van der Waals surface area contributed by atoms with Crippen molar-refractivity contribution in [2.24, 2.45) is 0 Å². The van der Waals surface area contributed by atoms with E-state index in [9.17, 15) is 5.11 Å². The number of rotatable bonds is 7. The largest absolute Gasteiger partial charge is 0.410 e. The molecule has 23 heavy (non-hydrogen) atoms. The van der Waals surface area contributed by atoms with Crippen molar-refractivity contribution >= 4 is 25.0 Å². The molecule has 0 aliphatic carbocycles. The van der Waals surface area contributed by atoms with E-state index >= 15 is 0 Å². The number of ether oxygens (including phenoxy) is 1. The van der Waals surface area contributed by atoms with Gasteiger partial charge in [0, 0.05) is 0 Å². The first-order chi connectivity index (χ1) is 10.2. The molecule has 1 heterocycles. The monoisotopic (exact) mass is 380 g/mol. The Bertz CT molecular complexity index is 373. The van der Waals surface area contributed by atoms with Crippen molar-refractivity contribution in [2.75, 3.05) is 13.2 Å². The fourth-order valence-electron chi connectivity index (χ4n) is 2.65. The molecule has 3 unspecified atom stereocenters. The summed E-state index contributed by atoms with van der Waals surface area (Å²) in [5.41, 5.74) is 0. The highest BCUT2D eigenvalue weighted by atomic mass is 28.4. The number of hydrogen-bond acceptors (Lipinski definition) is 5. The molecule has 0 aromatic heterocycles. The molecule has 1 rings (SSSR count). The fraction of sp³-hybridized carbons (Fsp3) is 1.00. The highest BCUT2D eigenvalue weighted by Crippen LogP contribution is 2.30. The van der Waals surface area contributed by atoms with E-state index in [1.54, 1.807) is 0 Å². The molecule has 0 spiro atoms. The van der Waals surface area contributed by atoms with Crippen LogP contribution in [-0.4, -0.2) is 67.7 Å². The molecule has 0 aromatic rings. The summed E-state index contributed by atoms with van der Waals surface area (Å²) in [6, 6.07) is 0. The van der Waals surface area contributed by atoms with Crippen LogP contribution in [0.1, 0.15) is 0 Å². The van der Waals surface area contributed by atoms with Gasteiger partial charge in [0.1, 0.15) is 12.2 Å². The average molecular weight is 381 g/mol. The van der Waals surface area contributed by atoms with E-state index in [2.05, 4.69) is 58.9 Å². The van der Waals surface area contributed by atoms with E-state index in [0.717, 1.165) is 0 Å². The van der Waals surface area contributed by atoms with Gasteiger partial charge in [-0.3, -0.25) is 0 Å². The highest BCUT2D eigenvalue weighted by Gasteiger charge is 2.46. The van der Waals surface area contributed by atoms with Gasteiger partial charge < -0.3 is 23.1 Å². The molecule has 0 bridgehead atoms. The number of hydrogen-bond donors (Lipinski definition) is 1. The van der Waals surface area contributed by atoms with E-state index in [-0.39, 0.29) is 31.0 Å². The first-order valence-electron chi connectivity index (χ1n) is 8.48. The number of aliphatic hydroxyl groups excluding tert-OH is 1. The lowest BCUT2D eigenvalue weighted by atomic mass is 10.0. The Morgan fingerprint density at radius 1 is 0.783 bits per heavy atom. The van der Waals surface area contributed by atoms with Gasteiger partial charge in [-0.2, -0.15) is 0 Å². The smallest absolute Gasteiger partial charge is 0.184 e. The van der Waals surface area contributed by atoms with Crippen molar-refractivity contribution in [3.8, 4) is 0 Å². The number of aliphatic hydroxyl groups is 1. The van der Waals surface area contributed by atoms with Crippen molar-refractivity contribution in [2.45, 2.75) is 83.3 Å². The molecule has 1 aliphatic rings. The van der Waals surface area contributed by atoms with Crippen molar-refractivity contribution in [3.63, 3.8) is 0 Å². The minimum atomic E-state index is -1.81. The van der Waals surface area contributed by atoms with Crippen molar-refractivity contribution in [1.82, 2.24) is 0 Å². The van der Waals surface area contributed by atoms with Crippen LogP contribution in [0.25, 0.3) is 0 Å². The van der Waals surface area contributed by atoms with E-state index in [1.165, 1.54) is 0 Å². The van der Waals surface area contributed by atoms with Crippen molar-refractivity contribution < 1.29 is 23.1 Å². The predicted molar refractivity (Wildman–Crippen MR) is 101 cm³/mol. The molecule has 0 aromatic carbocycles. The van der Waals surface area contributed by atoms with Gasteiger partial charge in [0.25, 0.3) is 0 Å². The van der Waals surface area contributed by atoms with Crippen LogP contribution in [0.15, 0.2) is 0 Å². The van der Waals surface area contributed by atoms with Gasteiger partial charge in [-0.15, -0.1) is 0 Å². The third-order valence-corrected chi connectivity index (χ3v) is 6.16. The second-order valence-electron chi connectivity index (χ2n) is 9.21. The Morgan fingerprint density at radius 3 is 1.61 bits per heavy atom. The molecule has 1 saturated heterocycles. The summed E-state index contributed by atoms with van der Waals surface area (Å²) in [5.74, 6) is 0. The summed E-state index contributed by atoms with van der Waals surface area (Å²) in [6.07, 6.45) is -0.915. The van der Waals surface area contributed by atoms with Gasteiger partial charge in [0.2, 0.25) is 0 Å². The topological polar surface area (TPSA) is 57.2 Å². The summed E-state index contributed by atoms with van der Waals surface area (Å²) in [7, 11) is -5.33. The summed E-state index contributed by atoms with van der Waals surface area (Å²) in [5, 5.41) is 9.73. The molecule has 0 radical (unpaired) electrons. The normalized spacial score (nSPS) is 30.5. The molecule has 1 fully saturated rings. The van der Waals surface area contributed by atoms with E-state index in [0.29, 0.717) is 6.61 Å². The van der Waals surface area contributed by atoms with Crippen LogP contribution in [-0.2, 0) is 18.0 Å². The van der Waals surface area contributed by atoms with E-state index < -0.39 is 25.0 Å². The van der Waals surface area contributed by atoms with E-state index in [1.807, 2.05) is 0 Å². The van der Waals surface area contributed by atoms with Crippen LogP contribution in [0.5, 0.6) is 0 Å². The van der Waals surface area contributed by atoms with Gasteiger partial charge in [0.15, 0.2) is 25.0 Å². The third kappa shape index (κ3) is 7.91. The molecule has 138 valence electrons. The summed E-state index contributed by atoms with van der Waals surface area (Å²) < 4.78 is 25.1. The molecule has 5 nitrogen and oxygen atoms in total. The molecule has 0 saturated carbocycles. The van der Waals surface area contributed by atoms with E-state index in [4.69, 9.17) is 18.0 Å². The average Bonchev–Trinajstić information content (AvgIpc) is 2.28. The Labute approximate surface area is 145 Å². The Balaban J connectivity index is 3.08. The Morgan fingerprint density at radius 2 is 1.22 bits per heavy atom. The van der Waals surface area contributed by atoms with Crippen LogP contribution in [0.2, 0.25) is 58.9 Å². The molecule has 4 atom stereocenters. The van der Waals surface area contributed by atoms with Crippen LogP contribution >= 0.6 is 0 Å². The van der Waals surface area contributed by atoms with Gasteiger partial charge in [-0.05, 0) is 58.9 Å². The first kappa shape index (κ1) is 21.5. The maximum atomic E-state index is 9.73. The van der Waals surface area contributed by atoms with Gasteiger partial charge >= 0.3 is 0 Å². The van der Waals surface area contributed by atoms with Gasteiger partial charge in [-0.1, -0.05) is 0 Å².